The molecule has 4 nitrogen and oxygen atoms in total. The number of hydrogen-bond donors (Lipinski definition) is 2. The molecule has 0 bridgehead atoms. The first-order chi connectivity index (χ1) is 11.0. The molecule has 0 aliphatic rings. The number of thiophene rings is 1. The normalized spacial score (nSPS) is 13.2. The van der Waals surface area contributed by atoms with Crippen molar-refractivity contribution < 1.29 is 0 Å². The number of nitrogens with zero attached hydrogens (tertiary/aromatic N) is 2. The Labute approximate surface area is 151 Å². The molecule has 2 N–H and O–H groups in total. The number of rotatable bonds is 6. The molecule has 0 amide bonds. The van der Waals surface area contributed by atoms with Crippen LogP contribution in [0.1, 0.15) is 17.5 Å². The lowest BCUT2D eigenvalue weighted by atomic mass is 10.1. The summed E-state index contributed by atoms with van der Waals surface area (Å²) >= 11 is 13.9. The van der Waals surface area contributed by atoms with Gasteiger partial charge in [-0.1, -0.05) is 36.2 Å². The van der Waals surface area contributed by atoms with Gasteiger partial charge in [-0.15, -0.1) is 11.3 Å². The lowest BCUT2D eigenvalue weighted by Crippen LogP contribution is -2.39. The first-order valence-electron chi connectivity index (χ1n) is 7.47. The molecule has 0 radical (unpaired) electrons. The smallest absolute Gasteiger partial charge is 0.191 e. The van der Waals surface area contributed by atoms with Crippen LogP contribution in [0.3, 0.4) is 0 Å². The highest BCUT2D eigenvalue weighted by atomic mass is 35.5. The van der Waals surface area contributed by atoms with Crippen molar-refractivity contribution in [3.8, 4) is 0 Å². The van der Waals surface area contributed by atoms with Crippen LogP contribution < -0.4 is 10.6 Å². The molecule has 1 atom stereocenters. The molecule has 1 unspecified atom stereocenters. The Kier molecular flexibility index (Phi) is 6.81. The molecule has 23 heavy (non-hydrogen) atoms. The number of nitrogens with one attached hydrogen (secondary N) is 2. The monoisotopic (exact) mass is 372 g/mol. The second-order valence-corrected chi connectivity index (χ2v) is 7.33. The summed E-state index contributed by atoms with van der Waals surface area (Å²) in [6, 6.07) is 6.14. The van der Waals surface area contributed by atoms with Crippen molar-refractivity contribution in [2.45, 2.75) is 19.9 Å². The molecule has 0 saturated heterocycles. The van der Waals surface area contributed by atoms with Crippen molar-refractivity contribution in [2.75, 3.05) is 13.6 Å². The Hall–Kier alpha value is -1.17. The summed E-state index contributed by atoms with van der Waals surface area (Å²) in [5, 5.41) is 9.88. The van der Waals surface area contributed by atoms with Crippen LogP contribution in [0.25, 0.3) is 0 Å². The molecular formula is C16H22Cl2N4S. The van der Waals surface area contributed by atoms with E-state index in [9.17, 15) is 0 Å². The highest BCUT2D eigenvalue weighted by Gasteiger charge is 2.10. The van der Waals surface area contributed by atoms with Gasteiger partial charge in [-0.05, 0) is 29.9 Å². The molecule has 0 fully saturated rings. The van der Waals surface area contributed by atoms with Gasteiger partial charge in [-0.2, -0.15) is 0 Å². The molecule has 0 aromatic carbocycles. The number of aliphatic imine (C=N–C) groups is 1. The second-order valence-electron chi connectivity index (χ2n) is 5.53. The second kappa shape index (κ2) is 8.62. The van der Waals surface area contributed by atoms with Gasteiger partial charge in [0.25, 0.3) is 0 Å². The zero-order chi connectivity index (χ0) is 16.8. The SMILES string of the molecule is CN=C(NCc1cc(Cl)c(Cl)n1C)NCC(C)Cc1cccs1. The summed E-state index contributed by atoms with van der Waals surface area (Å²) in [6.45, 7) is 3.71. The number of aromatic nitrogens is 1. The maximum atomic E-state index is 6.08. The van der Waals surface area contributed by atoms with Gasteiger partial charge < -0.3 is 15.2 Å². The third-order valence-corrected chi connectivity index (χ3v) is 5.36. The summed E-state index contributed by atoms with van der Waals surface area (Å²) in [4.78, 5) is 5.67. The van der Waals surface area contributed by atoms with Crippen LogP contribution in [0.15, 0.2) is 28.6 Å². The van der Waals surface area contributed by atoms with Crippen molar-refractivity contribution in [1.29, 1.82) is 0 Å². The van der Waals surface area contributed by atoms with Gasteiger partial charge in [0.15, 0.2) is 5.96 Å². The maximum Gasteiger partial charge on any atom is 0.191 e. The molecule has 0 saturated carbocycles. The minimum absolute atomic E-state index is 0.533. The van der Waals surface area contributed by atoms with Crippen molar-refractivity contribution >= 4 is 40.5 Å². The Morgan fingerprint density at radius 2 is 2.17 bits per heavy atom. The Balaban J connectivity index is 1.80. The Bertz CT molecular complexity index is 649. The molecule has 0 aliphatic carbocycles. The molecule has 2 aromatic heterocycles. The van der Waals surface area contributed by atoms with E-state index in [0.717, 1.165) is 24.6 Å². The highest BCUT2D eigenvalue weighted by molar-refractivity contribution is 7.09. The average Bonchev–Trinajstić information content (AvgIpc) is 3.12. The first kappa shape index (κ1) is 18.2. The van der Waals surface area contributed by atoms with E-state index in [-0.39, 0.29) is 0 Å². The molecule has 126 valence electrons. The van der Waals surface area contributed by atoms with Crippen LogP contribution in [0, 0.1) is 5.92 Å². The van der Waals surface area contributed by atoms with Gasteiger partial charge in [0.2, 0.25) is 0 Å². The van der Waals surface area contributed by atoms with Gasteiger partial charge in [0.05, 0.1) is 11.6 Å². The van der Waals surface area contributed by atoms with Crippen molar-refractivity contribution in [3.63, 3.8) is 0 Å². The molecule has 2 heterocycles. The van der Waals surface area contributed by atoms with E-state index in [2.05, 4.69) is 40.1 Å². The minimum atomic E-state index is 0.533. The zero-order valence-corrected chi connectivity index (χ0v) is 15.9. The van der Waals surface area contributed by atoms with E-state index in [4.69, 9.17) is 23.2 Å². The van der Waals surface area contributed by atoms with E-state index in [1.807, 2.05) is 17.7 Å². The van der Waals surface area contributed by atoms with E-state index >= 15 is 0 Å². The lowest BCUT2D eigenvalue weighted by molar-refractivity contribution is 0.561. The van der Waals surface area contributed by atoms with Gasteiger partial charge in [-0.25, -0.2) is 0 Å². The summed E-state index contributed by atoms with van der Waals surface area (Å²) in [5.41, 5.74) is 1.01. The molecule has 2 rings (SSSR count). The maximum absolute atomic E-state index is 6.08. The quantitative estimate of drug-likeness (QED) is 0.595. The summed E-state index contributed by atoms with van der Waals surface area (Å²) in [5.74, 6) is 1.31. The van der Waals surface area contributed by atoms with Gasteiger partial charge in [0, 0.05) is 31.2 Å². The Morgan fingerprint density at radius 1 is 1.39 bits per heavy atom. The molecule has 2 aromatic rings. The molecule has 0 spiro atoms. The van der Waals surface area contributed by atoms with E-state index in [1.54, 1.807) is 18.4 Å². The number of guanidine groups is 1. The van der Waals surface area contributed by atoms with Crippen LogP contribution in [0.5, 0.6) is 0 Å². The highest BCUT2D eigenvalue weighted by Crippen LogP contribution is 2.24. The third kappa shape index (κ3) is 5.16. The fraction of sp³-hybridized carbons (Fsp3) is 0.438. The van der Waals surface area contributed by atoms with E-state index in [1.165, 1.54) is 4.88 Å². The van der Waals surface area contributed by atoms with Crippen LogP contribution >= 0.6 is 34.5 Å². The van der Waals surface area contributed by atoms with Crippen LogP contribution in [0.2, 0.25) is 10.2 Å². The largest absolute Gasteiger partial charge is 0.356 e. The van der Waals surface area contributed by atoms with E-state index in [0.29, 0.717) is 22.6 Å². The molecule has 7 heteroatoms. The minimum Gasteiger partial charge on any atom is -0.356 e. The topological polar surface area (TPSA) is 41.4 Å². The van der Waals surface area contributed by atoms with Gasteiger partial charge in [0.1, 0.15) is 5.15 Å². The molecule has 0 aliphatic heterocycles. The first-order valence-corrected chi connectivity index (χ1v) is 9.11. The lowest BCUT2D eigenvalue weighted by Gasteiger charge is -2.16. The fourth-order valence-electron chi connectivity index (χ4n) is 2.27. The predicted octanol–water partition coefficient (Wildman–Crippen LogP) is 3.94. The van der Waals surface area contributed by atoms with Crippen molar-refractivity contribution in [2.24, 2.45) is 18.0 Å². The van der Waals surface area contributed by atoms with Crippen molar-refractivity contribution in [1.82, 2.24) is 15.2 Å². The van der Waals surface area contributed by atoms with Gasteiger partial charge in [-0.3, -0.25) is 4.99 Å². The summed E-state index contributed by atoms with van der Waals surface area (Å²) in [6.07, 6.45) is 1.07. The number of hydrogen-bond acceptors (Lipinski definition) is 2. The Morgan fingerprint density at radius 3 is 2.74 bits per heavy atom. The summed E-state index contributed by atoms with van der Waals surface area (Å²) in [7, 11) is 3.66. The van der Waals surface area contributed by atoms with Gasteiger partial charge >= 0.3 is 0 Å². The summed E-state index contributed by atoms with van der Waals surface area (Å²) < 4.78 is 1.86. The number of halogens is 2. The van der Waals surface area contributed by atoms with Crippen LogP contribution in [-0.2, 0) is 20.0 Å². The third-order valence-electron chi connectivity index (χ3n) is 3.62. The average molecular weight is 373 g/mol. The zero-order valence-electron chi connectivity index (χ0n) is 13.6. The van der Waals surface area contributed by atoms with Crippen molar-refractivity contribution in [3.05, 3.63) is 44.3 Å². The molecular weight excluding hydrogens is 351 g/mol. The fourth-order valence-corrected chi connectivity index (χ4v) is 3.55. The van der Waals surface area contributed by atoms with Crippen LogP contribution in [-0.4, -0.2) is 24.1 Å². The van der Waals surface area contributed by atoms with E-state index < -0.39 is 0 Å². The van der Waals surface area contributed by atoms with Crippen LogP contribution in [0.4, 0.5) is 0 Å². The predicted molar refractivity (Wildman–Crippen MR) is 101 cm³/mol. The standard InChI is InChI=1S/C16H22Cl2N4S/c1-11(7-13-5-4-6-23-13)9-20-16(19-2)21-10-12-8-14(17)15(18)22(12)3/h4-6,8,11H,7,9-10H2,1-3H3,(H2,19,20,21).